The van der Waals surface area contributed by atoms with E-state index in [0.29, 0.717) is 4.88 Å². The lowest BCUT2D eigenvalue weighted by molar-refractivity contribution is -0.254. The fraction of sp³-hybridized carbons (Fsp3) is 0.368. The molecule has 1 aliphatic carbocycles. The van der Waals surface area contributed by atoms with Gasteiger partial charge in [0.2, 0.25) is 0 Å². The summed E-state index contributed by atoms with van der Waals surface area (Å²) >= 11 is 1.07. The molecule has 1 N–H and O–H groups in total. The minimum Gasteiger partial charge on any atom is -0.508 e. The number of hydrogen-bond acceptors (Lipinski definition) is 2. The molecule has 0 amide bonds. The molecule has 0 bridgehead atoms. The minimum atomic E-state index is -5.58. The zero-order valence-electron chi connectivity index (χ0n) is 14.9. The maximum atomic E-state index is 14.8. The van der Waals surface area contributed by atoms with Gasteiger partial charge in [0.05, 0.1) is 0 Å². The van der Waals surface area contributed by atoms with Crippen molar-refractivity contribution in [3.05, 3.63) is 50.2 Å². The van der Waals surface area contributed by atoms with Crippen LogP contribution in [0.4, 0.5) is 26.3 Å². The Balaban J connectivity index is 2.51. The zero-order valence-corrected chi connectivity index (χ0v) is 15.7. The van der Waals surface area contributed by atoms with Crippen molar-refractivity contribution in [2.45, 2.75) is 45.5 Å². The van der Waals surface area contributed by atoms with Crippen LogP contribution in [0, 0.1) is 27.7 Å². The standard InChI is InChI=1S/C19H16F6OS/c1-8-5-12(26)6-9(2)14(8)16-15(13-7-10(3)27-11(13)4)17(20,21)19(24,25)18(16,22)23/h5-7,26H,1-4H3. The summed E-state index contributed by atoms with van der Waals surface area (Å²) in [5.41, 5.74) is -3.41. The van der Waals surface area contributed by atoms with Crippen molar-refractivity contribution < 1.29 is 31.4 Å². The second kappa shape index (κ2) is 5.77. The lowest BCUT2D eigenvalue weighted by atomic mass is 9.89. The summed E-state index contributed by atoms with van der Waals surface area (Å²) < 4.78 is 87.4. The number of thiophene rings is 1. The number of benzene rings is 1. The topological polar surface area (TPSA) is 20.2 Å². The Kier molecular flexibility index (Phi) is 4.23. The molecule has 0 atom stereocenters. The molecule has 27 heavy (non-hydrogen) atoms. The summed E-state index contributed by atoms with van der Waals surface area (Å²) in [6.07, 6.45) is 0. The first kappa shape index (κ1) is 19.8. The van der Waals surface area contributed by atoms with Gasteiger partial charge in [-0.25, -0.2) is 0 Å². The molecule has 0 unspecified atom stereocenters. The molecule has 0 radical (unpaired) electrons. The van der Waals surface area contributed by atoms with Crippen molar-refractivity contribution in [2.24, 2.45) is 0 Å². The van der Waals surface area contributed by atoms with Crippen LogP contribution in [0.5, 0.6) is 5.75 Å². The first-order valence-electron chi connectivity index (χ1n) is 8.00. The first-order valence-corrected chi connectivity index (χ1v) is 8.81. The van der Waals surface area contributed by atoms with E-state index in [1.165, 1.54) is 26.8 Å². The highest BCUT2D eigenvalue weighted by Crippen LogP contribution is 2.65. The summed E-state index contributed by atoms with van der Waals surface area (Å²) in [5, 5.41) is 9.63. The predicted molar refractivity (Wildman–Crippen MR) is 93.0 cm³/mol. The largest absolute Gasteiger partial charge is 0.508 e. The Morgan fingerprint density at radius 3 is 1.70 bits per heavy atom. The maximum absolute atomic E-state index is 14.8. The highest BCUT2D eigenvalue weighted by atomic mass is 32.1. The van der Waals surface area contributed by atoms with E-state index in [0.717, 1.165) is 23.5 Å². The van der Waals surface area contributed by atoms with Crippen LogP contribution in [0.2, 0.25) is 0 Å². The molecular formula is C19H16F6OS. The van der Waals surface area contributed by atoms with E-state index < -0.39 is 34.5 Å². The molecule has 3 rings (SSSR count). The van der Waals surface area contributed by atoms with Gasteiger partial charge in [0.25, 0.3) is 0 Å². The Bertz CT molecular complexity index is 948. The number of phenols is 1. The summed E-state index contributed by atoms with van der Waals surface area (Å²) in [4.78, 5) is 0.796. The molecule has 2 aromatic rings. The molecule has 1 aliphatic rings. The third kappa shape index (κ3) is 2.52. The average Bonchev–Trinajstić information content (AvgIpc) is 2.86. The van der Waals surface area contributed by atoms with Crippen LogP contribution in [-0.2, 0) is 0 Å². The molecule has 146 valence electrons. The second-order valence-electron chi connectivity index (χ2n) is 6.75. The number of phenolic OH excluding ortho intramolecular Hbond substituents is 1. The third-order valence-electron chi connectivity index (χ3n) is 4.74. The zero-order chi connectivity index (χ0) is 20.5. The van der Waals surface area contributed by atoms with Crippen molar-refractivity contribution >= 4 is 22.5 Å². The fourth-order valence-electron chi connectivity index (χ4n) is 3.62. The Morgan fingerprint density at radius 2 is 1.26 bits per heavy atom. The lowest BCUT2D eigenvalue weighted by Gasteiger charge is -2.26. The van der Waals surface area contributed by atoms with Gasteiger partial charge in [-0.3, -0.25) is 0 Å². The number of aryl methyl sites for hydroxylation is 4. The van der Waals surface area contributed by atoms with Crippen LogP contribution < -0.4 is 0 Å². The molecule has 0 fully saturated rings. The van der Waals surface area contributed by atoms with E-state index in [1.54, 1.807) is 6.92 Å². The number of aromatic hydroxyl groups is 1. The third-order valence-corrected chi connectivity index (χ3v) is 5.71. The number of allylic oxidation sites excluding steroid dienone is 2. The van der Waals surface area contributed by atoms with Crippen LogP contribution in [0.1, 0.15) is 32.0 Å². The molecular weight excluding hydrogens is 390 g/mol. The summed E-state index contributed by atoms with van der Waals surface area (Å²) in [5.74, 6) is -16.0. The normalized spacial score (nSPS) is 20.4. The predicted octanol–water partition coefficient (Wildman–Crippen LogP) is 6.52. The van der Waals surface area contributed by atoms with E-state index in [4.69, 9.17) is 0 Å². The van der Waals surface area contributed by atoms with Crippen LogP contribution in [0.15, 0.2) is 18.2 Å². The van der Waals surface area contributed by atoms with Crippen molar-refractivity contribution in [1.29, 1.82) is 0 Å². The van der Waals surface area contributed by atoms with Gasteiger partial charge >= 0.3 is 17.8 Å². The van der Waals surface area contributed by atoms with E-state index in [-0.39, 0.29) is 27.3 Å². The number of hydrogen-bond donors (Lipinski definition) is 1. The molecule has 0 saturated carbocycles. The Labute approximate surface area is 156 Å². The van der Waals surface area contributed by atoms with E-state index >= 15 is 0 Å². The van der Waals surface area contributed by atoms with E-state index in [2.05, 4.69) is 0 Å². The molecule has 0 aliphatic heterocycles. The molecule has 1 heterocycles. The molecule has 0 saturated heterocycles. The SMILES string of the molecule is Cc1cc(C2=C(c3c(C)cc(O)cc3C)C(F)(F)C(F)(F)C2(F)F)c(C)s1. The quantitative estimate of drug-likeness (QED) is 0.563. The van der Waals surface area contributed by atoms with Gasteiger partial charge in [-0.15, -0.1) is 11.3 Å². The molecule has 0 spiro atoms. The number of alkyl halides is 6. The van der Waals surface area contributed by atoms with Crippen molar-refractivity contribution in [3.8, 4) is 5.75 Å². The number of halogens is 6. The lowest BCUT2D eigenvalue weighted by Crippen LogP contribution is -2.49. The number of rotatable bonds is 2. The van der Waals surface area contributed by atoms with Gasteiger partial charge in [0.15, 0.2) is 0 Å². The molecule has 8 heteroatoms. The van der Waals surface area contributed by atoms with E-state index in [1.807, 2.05) is 0 Å². The Morgan fingerprint density at radius 1 is 0.778 bits per heavy atom. The van der Waals surface area contributed by atoms with Crippen molar-refractivity contribution in [1.82, 2.24) is 0 Å². The monoisotopic (exact) mass is 406 g/mol. The first-order chi connectivity index (χ1) is 12.2. The fourth-order valence-corrected chi connectivity index (χ4v) is 4.56. The second-order valence-corrected chi connectivity index (χ2v) is 8.22. The molecule has 1 aromatic heterocycles. The Hall–Kier alpha value is -1.96. The highest BCUT2D eigenvalue weighted by Gasteiger charge is 2.80. The maximum Gasteiger partial charge on any atom is 0.380 e. The molecule has 1 nitrogen and oxygen atoms in total. The average molecular weight is 406 g/mol. The van der Waals surface area contributed by atoms with E-state index in [9.17, 15) is 31.4 Å². The van der Waals surface area contributed by atoms with Gasteiger partial charge < -0.3 is 5.11 Å². The van der Waals surface area contributed by atoms with Gasteiger partial charge in [0, 0.05) is 20.9 Å². The van der Waals surface area contributed by atoms with Gasteiger partial charge in [-0.1, -0.05) is 0 Å². The molecule has 1 aromatic carbocycles. The van der Waals surface area contributed by atoms with Crippen molar-refractivity contribution in [3.63, 3.8) is 0 Å². The van der Waals surface area contributed by atoms with Gasteiger partial charge in [-0.05, 0) is 68.1 Å². The summed E-state index contributed by atoms with van der Waals surface area (Å²) in [6.45, 7) is 5.63. The summed E-state index contributed by atoms with van der Waals surface area (Å²) in [7, 11) is 0. The van der Waals surface area contributed by atoms with Crippen LogP contribution in [0.3, 0.4) is 0 Å². The smallest absolute Gasteiger partial charge is 0.380 e. The van der Waals surface area contributed by atoms with Gasteiger partial charge in [0.1, 0.15) is 5.75 Å². The van der Waals surface area contributed by atoms with Crippen LogP contribution in [-0.4, -0.2) is 22.9 Å². The van der Waals surface area contributed by atoms with Crippen LogP contribution >= 0.6 is 11.3 Å². The highest BCUT2D eigenvalue weighted by molar-refractivity contribution is 7.12. The van der Waals surface area contributed by atoms with Gasteiger partial charge in [-0.2, -0.15) is 26.3 Å². The van der Waals surface area contributed by atoms with Crippen LogP contribution in [0.25, 0.3) is 11.1 Å². The minimum absolute atomic E-state index is 0.0118. The van der Waals surface area contributed by atoms with Crippen molar-refractivity contribution in [2.75, 3.05) is 0 Å². The summed E-state index contributed by atoms with van der Waals surface area (Å²) in [6, 6.07) is 3.40.